The lowest BCUT2D eigenvalue weighted by molar-refractivity contribution is 0.0688. The first-order valence-corrected chi connectivity index (χ1v) is 9.63. The standard InChI is InChI=1S/C21H23N5O3/c1-14-11-15(2)26(23-14)19-5-3-16(4-6-19)20(27)24-9-7-18(8-10-24)25-13-17(12-22-25)21(28)29/h3-6,11-13,18H,7-10H2,1-2H3,(H,28,29). The maximum Gasteiger partial charge on any atom is 0.338 e. The Labute approximate surface area is 168 Å². The first-order chi connectivity index (χ1) is 13.9. The number of hydrogen-bond donors (Lipinski definition) is 1. The quantitative estimate of drug-likeness (QED) is 0.736. The molecule has 0 unspecified atom stereocenters. The van der Waals surface area contributed by atoms with Gasteiger partial charge in [-0.1, -0.05) is 0 Å². The van der Waals surface area contributed by atoms with Gasteiger partial charge in [0.25, 0.3) is 5.91 Å². The van der Waals surface area contributed by atoms with Crippen LogP contribution in [0.1, 0.15) is 51.0 Å². The van der Waals surface area contributed by atoms with E-state index in [1.54, 1.807) is 10.9 Å². The molecule has 1 fully saturated rings. The Morgan fingerprint density at radius 1 is 1.07 bits per heavy atom. The van der Waals surface area contributed by atoms with Gasteiger partial charge in [-0.3, -0.25) is 9.48 Å². The summed E-state index contributed by atoms with van der Waals surface area (Å²) in [5, 5.41) is 17.7. The molecule has 4 rings (SSSR count). The summed E-state index contributed by atoms with van der Waals surface area (Å²) in [5.74, 6) is -0.970. The zero-order valence-electron chi connectivity index (χ0n) is 16.4. The van der Waals surface area contributed by atoms with Crippen molar-refractivity contribution in [3.8, 4) is 5.69 Å². The highest BCUT2D eigenvalue weighted by Crippen LogP contribution is 2.24. The van der Waals surface area contributed by atoms with Crippen LogP contribution < -0.4 is 0 Å². The van der Waals surface area contributed by atoms with Crippen LogP contribution in [0.25, 0.3) is 5.69 Å². The minimum absolute atomic E-state index is 0.00931. The second-order valence-electron chi connectivity index (χ2n) is 7.42. The summed E-state index contributed by atoms with van der Waals surface area (Å²) in [6, 6.07) is 9.63. The molecule has 8 nitrogen and oxygen atoms in total. The Hall–Kier alpha value is -3.42. The molecule has 1 aliphatic rings. The Morgan fingerprint density at radius 2 is 1.76 bits per heavy atom. The first kappa shape index (κ1) is 18.9. The highest BCUT2D eigenvalue weighted by atomic mass is 16.4. The lowest BCUT2D eigenvalue weighted by Crippen LogP contribution is -2.39. The molecule has 29 heavy (non-hydrogen) atoms. The molecule has 2 aromatic heterocycles. The highest BCUT2D eigenvalue weighted by Gasteiger charge is 2.25. The van der Waals surface area contributed by atoms with E-state index in [-0.39, 0.29) is 17.5 Å². The van der Waals surface area contributed by atoms with Crippen molar-refractivity contribution in [2.45, 2.75) is 32.7 Å². The molecule has 0 saturated carbocycles. The molecule has 150 valence electrons. The number of carboxylic acids is 1. The zero-order valence-corrected chi connectivity index (χ0v) is 16.4. The molecule has 0 spiro atoms. The average molecular weight is 393 g/mol. The van der Waals surface area contributed by atoms with Gasteiger partial charge in [0.15, 0.2) is 0 Å². The smallest absolute Gasteiger partial charge is 0.338 e. The summed E-state index contributed by atoms with van der Waals surface area (Å²) in [7, 11) is 0. The summed E-state index contributed by atoms with van der Waals surface area (Å²) >= 11 is 0. The third kappa shape index (κ3) is 3.78. The highest BCUT2D eigenvalue weighted by molar-refractivity contribution is 5.94. The van der Waals surface area contributed by atoms with Gasteiger partial charge in [-0.2, -0.15) is 10.2 Å². The van der Waals surface area contributed by atoms with E-state index in [4.69, 9.17) is 5.11 Å². The number of rotatable bonds is 4. The van der Waals surface area contributed by atoms with Gasteiger partial charge in [-0.05, 0) is 57.0 Å². The summed E-state index contributed by atoms with van der Waals surface area (Å²) in [5.41, 5.74) is 3.78. The number of carbonyl (C=O) groups excluding carboxylic acids is 1. The minimum atomic E-state index is -0.979. The van der Waals surface area contributed by atoms with Crippen LogP contribution >= 0.6 is 0 Å². The van der Waals surface area contributed by atoms with E-state index in [0.29, 0.717) is 18.7 Å². The number of likely N-dealkylation sites (tertiary alicyclic amines) is 1. The molecule has 0 aliphatic carbocycles. The van der Waals surface area contributed by atoms with Crippen molar-refractivity contribution in [3.63, 3.8) is 0 Å². The normalized spacial score (nSPS) is 14.9. The number of aromatic carboxylic acids is 1. The van der Waals surface area contributed by atoms with E-state index < -0.39 is 5.97 Å². The van der Waals surface area contributed by atoms with Gasteiger partial charge in [0.1, 0.15) is 0 Å². The van der Waals surface area contributed by atoms with Crippen molar-refractivity contribution >= 4 is 11.9 Å². The van der Waals surface area contributed by atoms with Crippen molar-refractivity contribution in [2.75, 3.05) is 13.1 Å². The van der Waals surface area contributed by atoms with Crippen LogP contribution in [0, 0.1) is 13.8 Å². The fraction of sp³-hybridized carbons (Fsp3) is 0.333. The summed E-state index contributed by atoms with van der Waals surface area (Å²) in [4.78, 5) is 25.7. The SMILES string of the molecule is Cc1cc(C)n(-c2ccc(C(=O)N3CCC(n4cc(C(=O)O)cn4)CC3)cc2)n1. The van der Waals surface area contributed by atoms with E-state index in [1.165, 1.54) is 6.20 Å². The average Bonchev–Trinajstić information content (AvgIpc) is 3.34. The summed E-state index contributed by atoms with van der Waals surface area (Å²) in [6.07, 6.45) is 4.42. The van der Waals surface area contributed by atoms with Crippen LogP contribution in [0.15, 0.2) is 42.7 Å². The van der Waals surface area contributed by atoms with E-state index in [9.17, 15) is 9.59 Å². The Kier molecular flexibility index (Phi) is 4.92. The van der Waals surface area contributed by atoms with Gasteiger partial charge in [-0.15, -0.1) is 0 Å². The summed E-state index contributed by atoms with van der Waals surface area (Å²) in [6.45, 7) is 5.19. The van der Waals surface area contributed by atoms with Crippen LogP contribution in [0.2, 0.25) is 0 Å². The molecular weight excluding hydrogens is 370 g/mol. The lowest BCUT2D eigenvalue weighted by Gasteiger charge is -2.32. The minimum Gasteiger partial charge on any atom is -0.478 e. The summed E-state index contributed by atoms with van der Waals surface area (Å²) < 4.78 is 3.57. The number of aromatic nitrogens is 4. The number of nitrogens with zero attached hydrogens (tertiary/aromatic N) is 5. The molecule has 1 aliphatic heterocycles. The molecule has 0 radical (unpaired) electrons. The molecule has 1 amide bonds. The van der Waals surface area contributed by atoms with E-state index >= 15 is 0 Å². The van der Waals surface area contributed by atoms with Gasteiger partial charge < -0.3 is 10.0 Å². The van der Waals surface area contributed by atoms with Crippen molar-refractivity contribution in [3.05, 3.63) is 65.2 Å². The molecule has 1 aromatic carbocycles. The molecule has 0 atom stereocenters. The number of aryl methyl sites for hydroxylation is 2. The van der Waals surface area contributed by atoms with Gasteiger partial charge in [0, 0.05) is 30.5 Å². The number of benzene rings is 1. The number of amides is 1. The van der Waals surface area contributed by atoms with E-state index in [2.05, 4.69) is 10.2 Å². The van der Waals surface area contributed by atoms with Crippen LogP contribution in [0.5, 0.6) is 0 Å². The van der Waals surface area contributed by atoms with Gasteiger partial charge >= 0.3 is 5.97 Å². The van der Waals surface area contributed by atoms with Crippen LogP contribution in [-0.4, -0.2) is 54.5 Å². The van der Waals surface area contributed by atoms with Crippen molar-refractivity contribution in [1.82, 2.24) is 24.5 Å². The fourth-order valence-electron chi connectivity index (χ4n) is 3.80. The van der Waals surface area contributed by atoms with Crippen LogP contribution in [0.3, 0.4) is 0 Å². The second kappa shape index (κ2) is 7.54. The molecule has 1 N–H and O–H groups in total. The number of piperidine rings is 1. The number of hydrogen-bond acceptors (Lipinski definition) is 4. The fourth-order valence-corrected chi connectivity index (χ4v) is 3.80. The molecule has 3 aromatic rings. The van der Waals surface area contributed by atoms with Crippen LogP contribution in [0.4, 0.5) is 0 Å². The lowest BCUT2D eigenvalue weighted by atomic mass is 10.0. The second-order valence-corrected chi connectivity index (χ2v) is 7.42. The molecule has 8 heteroatoms. The Balaban J connectivity index is 1.40. The van der Waals surface area contributed by atoms with E-state index in [1.807, 2.05) is 53.8 Å². The van der Waals surface area contributed by atoms with Crippen molar-refractivity contribution < 1.29 is 14.7 Å². The van der Waals surface area contributed by atoms with Gasteiger partial charge in [0.2, 0.25) is 0 Å². The number of carboxylic acid groups (broad SMARTS) is 1. The van der Waals surface area contributed by atoms with Crippen molar-refractivity contribution in [1.29, 1.82) is 0 Å². The zero-order chi connectivity index (χ0) is 20.5. The third-order valence-electron chi connectivity index (χ3n) is 5.34. The topological polar surface area (TPSA) is 93.2 Å². The Bertz CT molecular complexity index is 1040. The first-order valence-electron chi connectivity index (χ1n) is 9.63. The molecule has 1 saturated heterocycles. The number of carbonyl (C=O) groups is 2. The van der Waals surface area contributed by atoms with Crippen LogP contribution in [-0.2, 0) is 0 Å². The maximum absolute atomic E-state index is 12.9. The monoisotopic (exact) mass is 393 g/mol. The van der Waals surface area contributed by atoms with Crippen molar-refractivity contribution in [2.24, 2.45) is 0 Å². The van der Waals surface area contributed by atoms with Gasteiger partial charge in [0.05, 0.1) is 29.2 Å². The van der Waals surface area contributed by atoms with Gasteiger partial charge in [-0.25, -0.2) is 9.48 Å². The van der Waals surface area contributed by atoms with E-state index in [0.717, 1.165) is 29.9 Å². The predicted octanol–water partition coefficient (Wildman–Crippen LogP) is 2.86. The Morgan fingerprint density at radius 3 is 2.31 bits per heavy atom. The predicted molar refractivity (Wildman–Crippen MR) is 106 cm³/mol. The molecule has 3 heterocycles. The largest absolute Gasteiger partial charge is 0.478 e. The maximum atomic E-state index is 12.9. The molecular formula is C21H23N5O3. The molecule has 0 bridgehead atoms. The third-order valence-corrected chi connectivity index (χ3v) is 5.34.